The van der Waals surface area contributed by atoms with E-state index in [4.69, 9.17) is 4.98 Å². The van der Waals surface area contributed by atoms with Crippen molar-refractivity contribution in [3.63, 3.8) is 0 Å². The van der Waals surface area contributed by atoms with E-state index < -0.39 is 0 Å². The zero-order chi connectivity index (χ0) is 15.5. The number of hydrogen-bond donors (Lipinski definition) is 1. The van der Waals surface area contributed by atoms with Gasteiger partial charge in [-0.3, -0.25) is 0 Å². The molecule has 1 atom stereocenters. The van der Waals surface area contributed by atoms with Crippen LogP contribution in [0.25, 0.3) is 11.1 Å². The average Bonchev–Trinajstić information content (AvgIpc) is 2.56. The van der Waals surface area contributed by atoms with Gasteiger partial charge in [0.05, 0.1) is 11.7 Å². The molecule has 1 aliphatic rings. The minimum absolute atomic E-state index is 0.230. The molecule has 1 unspecified atom stereocenters. The van der Waals surface area contributed by atoms with Gasteiger partial charge in [0.1, 0.15) is 5.82 Å². The number of aromatic nitrogens is 2. The predicted octanol–water partition coefficient (Wildman–Crippen LogP) is 3.16. The Morgan fingerprint density at radius 3 is 2.59 bits per heavy atom. The number of halogens is 1. The fraction of sp³-hybridized carbons (Fsp3) is 0.412. The molecule has 0 saturated carbocycles. The van der Waals surface area contributed by atoms with Gasteiger partial charge in [-0.1, -0.05) is 18.6 Å². The molecule has 2 aromatic rings. The molecule has 1 N–H and O–H groups in total. The monoisotopic (exact) mass is 300 g/mol. The Kier molecular flexibility index (Phi) is 4.34. The number of hydrogen-bond acceptors (Lipinski definition) is 4. The van der Waals surface area contributed by atoms with Crippen LogP contribution < -0.4 is 10.2 Å². The van der Waals surface area contributed by atoms with Crippen LogP contribution in [0.15, 0.2) is 30.5 Å². The van der Waals surface area contributed by atoms with Crippen molar-refractivity contribution >= 4 is 5.95 Å². The third-order valence-corrected chi connectivity index (χ3v) is 4.00. The predicted molar refractivity (Wildman–Crippen MR) is 86.3 cm³/mol. The first-order valence-electron chi connectivity index (χ1n) is 7.69. The number of piperidine rings is 1. The highest BCUT2D eigenvalue weighted by Gasteiger charge is 2.21. The lowest BCUT2D eigenvalue weighted by Gasteiger charge is -2.26. The summed E-state index contributed by atoms with van der Waals surface area (Å²) in [5, 5.41) is 3.54. The summed E-state index contributed by atoms with van der Waals surface area (Å²) in [5.41, 5.74) is 2.93. The Bertz CT molecular complexity index is 634. The van der Waals surface area contributed by atoms with E-state index in [9.17, 15) is 4.39 Å². The standard InChI is InChI=1S/C17H21FN4/c1-22(2)17-20-11-14(12-6-8-13(18)9-7-12)16(21-17)15-5-3-4-10-19-15/h6-9,11,15,19H,3-5,10H2,1-2H3. The average molecular weight is 300 g/mol. The van der Waals surface area contributed by atoms with Crippen molar-refractivity contribution in [2.24, 2.45) is 0 Å². The van der Waals surface area contributed by atoms with E-state index in [0.717, 1.165) is 29.8 Å². The summed E-state index contributed by atoms with van der Waals surface area (Å²) in [5.74, 6) is 0.472. The zero-order valence-electron chi connectivity index (χ0n) is 13.0. The van der Waals surface area contributed by atoms with Crippen LogP contribution in [0.3, 0.4) is 0 Å². The van der Waals surface area contributed by atoms with Gasteiger partial charge in [-0.05, 0) is 37.1 Å². The number of benzene rings is 1. The molecule has 1 aromatic carbocycles. The van der Waals surface area contributed by atoms with Crippen molar-refractivity contribution in [3.05, 3.63) is 42.0 Å². The summed E-state index contributed by atoms with van der Waals surface area (Å²) >= 11 is 0. The lowest BCUT2D eigenvalue weighted by atomic mass is 9.95. The van der Waals surface area contributed by atoms with Crippen LogP contribution in [-0.4, -0.2) is 30.6 Å². The normalized spacial score (nSPS) is 18.2. The van der Waals surface area contributed by atoms with E-state index in [1.807, 2.05) is 25.2 Å². The molecule has 0 amide bonds. The molecule has 0 radical (unpaired) electrons. The summed E-state index contributed by atoms with van der Waals surface area (Å²) in [4.78, 5) is 11.1. The molecular formula is C17H21FN4. The second-order valence-corrected chi connectivity index (χ2v) is 5.87. The van der Waals surface area contributed by atoms with Crippen molar-refractivity contribution in [2.45, 2.75) is 25.3 Å². The van der Waals surface area contributed by atoms with Crippen molar-refractivity contribution < 1.29 is 4.39 Å². The molecular weight excluding hydrogens is 279 g/mol. The van der Waals surface area contributed by atoms with Gasteiger partial charge >= 0.3 is 0 Å². The molecule has 3 rings (SSSR count). The highest BCUT2D eigenvalue weighted by molar-refractivity contribution is 5.66. The van der Waals surface area contributed by atoms with Gasteiger partial charge in [0.2, 0.25) is 5.95 Å². The SMILES string of the molecule is CN(C)c1ncc(-c2ccc(F)cc2)c(C2CCCCN2)n1. The Balaban J connectivity index is 2.05. The minimum atomic E-state index is -0.230. The number of rotatable bonds is 3. The van der Waals surface area contributed by atoms with Gasteiger partial charge in [-0.15, -0.1) is 0 Å². The first kappa shape index (κ1) is 14.9. The maximum absolute atomic E-state index is 13.2. The molecule has 0 aliphatic carbocycles. The van der Waals surface area contributed by atoms with Crippen LogP contribution >= 0.6 is 0 Å². The fourth-order valence-electron chi connectivity index (χ4n) is 2.80. The lowest BCUT2D eigenvalue weighted by Crippen LogP contribution is -2.28. The van der Waals surface area contributed by atoms with Crippen molar-refractivity contribution in [2.75, 3.05) is 25.5 Å². The maximum Gasteiger partial charge on any atom is 0.225 e. The van der Waals surface area contributed by atoms with E-state index in [0.29, 0.717) is 5.95 Å². The Hall–Kier alpha value is -2.01. The van der Waals surface area contributed by atoms with Crippen LogP contribution in [0.1, 0.15) is 31.0 Å². The molecule has 0 spiro atoms. The topological polar surface area (TPSA) is 41.1 Å². The highest BCUT2D eigenvalue weighted by Crippen LogP contribution is 2.31. The Labute approximate surface area is 130 Å². The molecule has 4 nitrogen and oxygen atoms in total. The van der Waals surface area contributed by atoms with Crippen molar-refractivity contribution in [1.82, 2.24) is 15.3 Å². The maximum atomic E-state index is 13.2. The van der Waals surface area contributed by atoms with Gasteiger partial charge < -0.3 is 10.2 Å². The molecule has 1 aliphatic heterocycles. The quantitative estimate of drug-likeness (QED) is 0.945. The Morgan fingerprint density at radius 1 is 1.18 bits per heavy atom. The summed E-state index contributed by atoms with van der Waals surface area (Å²) < 4.78 is 13.2. The molecule has 5 heteroatoms. The Morgan fingerprint density at radius 2 is 1.95 bits per heavy atom. The summed E-state index contributed by atoms with van der Waals surface area (Å²) in [7, 11) is 3.87. The fourth-order valence-corrected chi connectivity index (χ4v) is 2.80. The minimum Gasteiger partial charge on any atom is -0.347 e. The van der Waals surface area contributed by atoms with Crippen LogP contribution in [0, 0.1) is 5.82 Å². The first-order chi connectivity index (χ1) is 10.6. The largest absolute Gasteiger partial charge is 0.347 e. The smallest absolute Gasteiger partial charge is 0.225 e. The number of nitrogens with one attached hydrogen (secondary N) is 1. The molecule has 2 heterocycles. The summed E-state index contributed by atoms with van der Waals surface area (Å²) in [6.45, 7) is 1.01. The van der Waals surface area contributed by atoms with Crippen LogP contribution in [-0.2, 0) is 0 Å². The summed E-state index contributed by atoms with van der Waals surface area (Å²) in [6.07, 6.45) is 5.31. The van der Waals surface area contributed by atoms with Crippen LogP contribution in [0.5, 0.6) is 0 Å². The number of anilines is 1. The van der Waals surface area contributed by atoms with Gasteiger partial charge in [-0.25, -0.2) is 14.4 Å². The van der Waals surface area contributed by atoms with Gasteiger partial charge in [0.25, 0.3) is 0 Å². The summed E-state index contributed by atoms with van der Waals surface area (Å²) in [6, 6.07) is 6.77. The van der Waals surface area contributed by atoms with Crippen molar-refractivity contribution in [1.29, 1.82) is 0 Å². The number of nitrogens with zero attached hydrogens (tertiary/aromatic N) is 3. The molecule has 1 fully saturated rings. The zero-order valence-corrected chi connectivity index (χ0v) is 13.0. The van der Waals surface area contributed by atoms with E-state index >= 15 is 0 Å². The third-order valence-electron chi connectivity index (χ3n) is 4.00. The molecule has 22 heavy (non-hydrogen) atoms. The first-order valence-corrected chi connectivity index (χ1v) is 7.69. The molecule has 1 saturated heterocycles. The van der Waals surface area contributed by atoms with Crippen LogP contribution in [0.2, 0.25) is 0 Å². The van der Waals surface area contributed by atoms with E-state index in [1.54, 1.807) is 12.1 Å². The second-order valence-electron chi connectivity index (χ2n) is 5.87. The van der Waals surface area contributed by atoms with Crippen LogP contribution in [0.4, 0.5) is 10.3 Å². The van der Waals surface area contributed by atoms with Gasteiger partial charge in [0.15, 0.2) is 0 Å². The molecule has 116 valence electrons. The van der Waals surface area contributed by atoms with Gasteiger partial charge in [0, 0.05) is 25.9 Å². The molecule has 0 bridgehead atoms. The van der Waals surface area contributed by atoms with E-state index in [2.05, 4.69) is 10.3 Å². The second kappa shape index (κ2) is 6.40. The lowest BCUT2D eigenvalue weighted by molar-refractivity contribution is 0.406. The van der Waals surface area contributed by atoms with E-state index in [-0.39, 0.29) is 11.9 Å². The van der Waals surface area contributed by atoms with Crippen molar-refractivity contribution in [3.8, 4) is 11.1 Å². The van der Waals surface area contributed by atoms with E-state index in [1.165, 1.54) is 25.0 Å². The molecule has 1 aromatic heterocycles. The highest BCUT2D eigenvalue weighted by atomic mass is 19.1. The van der Waals surface area contributed by atoms with Gasteiger partial charge in [-0.2, -0.15) is 0 Å². The third kappa shape index (κ3) is 3.09.